The predicted octanol–water partition coefficient (Wildman–Crippen LogP) is 3.30. The molecule has 1 aromatic heterocycles. The van der Waals surface area contributed by atoms with Crippen molar-refractivity contribution >= 4 is 17.4 Å². The summed E-state index contributed by atoms with van der Waals surface area (Å²) in [7, 11) is 0. The summed E-state index contributed by atoms with van der Waals surface area (Å²) in [6.07, 6.45) is 3.54. The van der Waals surface area contributed by atoms with Crippen molar-refractivity contribution in [2.75, 3.05) is 23.3 Å². The van der Waals surface area contributed by atoms with E-state index in [0.717, 1.165) is 31.6 Å². The first-order valence-electron chi connectivity index (χ1n) is 7.17. The van der Waals surface area contributed by atoms with Crippen molar-refractivity contribution in [3.8, 4) is 0 Å². The SMILES string of the molecule is CCC(CC)C(=O)Nc1ccc(N(CC)CC)cn1. The van der Waals surface area contributed by atoms with Crippen LogP contribution in [0.25, 0.3) is 0 Å². The Hall–Kier alpha value is -1.58. The third kappa shape index (κ3) is 4.23. The van der Waals surface area contributed by atoms with E-state index in [9.17, 15) is 4.79 Å². The summed E-state index contributed by atoms with van der Waals surface area (Å²) in [5.41, 5.74) is 1.09. The molecule has 1 aromatic rings. The normalized spacial score (nSPS) is 10.6. The zero-order valence-electron chi connectivity index (χ0n) is 12.4. The van der Waals surface area contributed by atoms with Gasteiger partial charge in [-0.2, -0.15) is 0 Å². The lowest BCUT2D eigenvalue weighted by molar-refractivity contribution is -0.120. The highest BCUT2D eigenvalue weighted by Crippen LogP contribution is 2.16. The second kappa shape index (κ2) is 7.77. The van der Waals surface area contributed by atoms with Gasteiger partial charge in [0.05, 0.1) is 11.9 Å². The van der Waals surface area contributed by atoms with Crippen molar-refractivity contribution in [2.45, 2.75) is 40.5 Å². The van der Waals surface area contributed by atoms with E-state index in [1.54, 1.807) is 0 Å². The fraction of sp³-hybridized carbons (Fsp3) is 0.600. The van der Waals surface area contributed by atoms with Crippen LogP contribution in [0.1, 0.15) is 40.5 Å². The van der Waals surface area contributed by atoms with Gasteiger partial charge < -0.3 is 10.2 Å². The number of anilines is 2. The maximum absolute atomic E-state index is 11.9. The molecule has 1 N–H and O–H groups in total. The number of carbonyl (C=O) groups excluding carboxylic acids is 1. The molecule has 0 spiro atoms. The Morgan fingerprint density at radius 3 is 2.26 bits per heavy atom. The summed E-state index contributed by atoms with van der Waals surface area (Å²) in [6, 6.07) is 3.87. The second-order valence-electron chi connectivity index (χ2n) is 4.58. The molecule has 0 unspecified atom stereocenters. The fourth-order valence-electron chi connectivity index (χ4n) is 2.12. The summed E-state index contributed by atoms with van der Waals surface area (Å²) in [5, 5.41) is 2.88. The van der Waals surface area contributed by atoms with Gasteiger partial charge in [0.15, 0.2) is 0 Å². The number of nitrogens with zero attached hydrogens (tertiary/aromatic N) is 2. The Balaban J connectivity index is 2.69. The predicted molar refractivity (Wildman–Crippen MR) is 80.5 cm³/mol. The molecule has 0 aliphatic heterocycles. The Kier molecular flexibility index (Phi) is 6.33. The maximum atomic E-state index is 11.9. The topological polar surface area (TPSA) is 45.2 Å². The molecule has 0 aliphatic carbocycles. The summed E-state index contributed by atoms with van der Waals surface area (Å²) >= 11 is 0. The molecule has 0 radical (unpaired) electrons. The standard InChI is InChI=1S/C15H25N3O/c1-5-12(6-2)15(19)17-14-10-9-13(11-16-14)18(7-3)8-4/h9-12H,5-8H2,1-4H3,(H,16,17,19). The van der Waals surface area contributed by atoms with Crippen molar-refractivity contribution in [3.63, 3.8) is 0 Å². The minimum Gasteiger partial charge on any atom is -0.371 e. The van der Waals surface area contributed by atoms with Gasteiger partial charge in [-0.3, -0.25) is 4.79 Å². The van der Waals surface area contributed by atoms with Crippen LogP contribution in [0.15, 0.2) is 18.3 Å². The number of pyridine rings is 1. The second-order valence-corrected chi connectivity index (χ2v) is 4.58. The van der Waals surface area contributed by atoms with Crippen LogP contribution in [0.5, 0.6) is 0 Å². The van der Waals surface area contributed by atoms with Crippen LogP contribution < -0.4 is 10.2 Å². The van der Waals surface area contributed by atoms with Gasteiger partial charge in [-0.15, -0.1) is 0 Å². The molecule has 1 rings (SSSR count). The minimum absolute atomic E-state index is 0.0630. The first-order valence-corrected chi connectivity index (χ1v) is 7.17. The molecular weight excluding hydrogens is 238 g/mol. The van der Waals surface area contributed by atoms with E-state index < -0.39 is 0 Å². The molecule has 0 aromatic carbocycles. The average Bonchev–Trinajstić information content (AvgIpc) is 2.43. The summed E-state index contributed by atoms with van der Waals surface area (Å²) in [6.45, 7) is 10.2. The number of carbonyl (C=O) groups is 1. The molecular formula is C15H25N3O. The molecule has 1 heterocycles. The van der Waals surface area contributed by atoms with Gasteiger partial charge >= 0.3 is 0 Å². The molecule has 1 amide bonds. The first-order chi connectivity index (χ1) is 9.15. The molecule has 19 heavy (non-hydrogen) atoms. The van der Waals surface area contributed by atoms with E-state index in [4.69, 9.17) is 0 Å². The Labute approximate surface area is 116 Å². The number of hydrogen-bond donors (Lipinski definition) is 1. The van der Waals surface area contributed by atoms with Gasteiger partial charge in [-0.05, 0) is 38.8 Å². The van der Waals surface area contributed by atoms with Gasteiger partial charge in [0.25, 0.3) is 0 Å². The van der Waals surface area contributed by atoms with Crippen molar-refractivity contribution in [2.24, 2.45) is 5.92 Å². The third-order valence-corrected chi connectivity index (χ3v) is 3.48. The number of hydrogen-bond acceptors (Lipinski definition) is 3. The summed E-state index contributed by atoms with van der Waals surface area (Å²) in [4.78, 5) is 18.5. The highest BCUT2D eigenvalue weighted by atomic mass is 16.1. The fourth-order valence-corrected chi connectivity index (χ4v) is 2.12. The largest absolute Gasteiger partial charge is 0.371 e. The Bertz CT molecular complexity index is 381. The molecule has 0 bridgehead atoms. The van der Waals surface area contributed by atoms with E-state index in [0.29, 0.717) is 5.82 Å². The van der Waals surface area contributed by atoms with Crippen molar-refractivity contribution in [1.82, 2.24) is 4.98 Å². The van der Waals surface area contributed by atoms with Crippen LogP contribution >= 0.6 is 0 Å². The van der Waals surface area contributed by atoms with E-state index in [1.165, 1.54) is 0 Å². The molecule has 4 nitrogen and oxygen atoms in total. The van der Waals surface area contributed by atoms with Crippen LogP contribution in [0, 0.1) is 5.92 Å². The molecule has 0 aliphatic rings. The van der Waals surface area contributed by atoms with Crippen LogP contribution in [0.2, 0.25) is 0 Å². The lowest BCUT2D eigenvalue weighted by atomic mass is 10.0. The summed E-state index contributed by atoms with van der Waals surface area (Å²) in [5.74, 6) is 0.769. The van der Waals surface area contributed by atoms with Crippen LogP contribution in [0.3, 0.4) is 0 Å². The lowest BCUT2D eigenvalue weighted by Gasteiger charge is -2.20. The summed E-state index contributed by atoms with van der Waals surface area (Å²) < 4.78 is 0. The average molecular weight is 263 g/mol. The van der Waals surface area contributed by atoms with Gasteiger partial charge in [-0.1, -0.05) is 13.8 Å². The lowest BCUT2D eigenvalue weighted by Crippen LogP contribution is -2.23. The number of rotatable bonds is 7. The highest BCUT2D eigenvalue weighted by Gasteiger charge is 2.14. The first kappa shape index (κ1) is 15.5. The van der Waals surface area contributed by atoms with Crippen LogP contribution in [0.4, 0.5) is 11.5 Å². The zero-order chi connectivity index (χ0) is 14.3. The maximum Gasteiger partial charge on any atom is 0.228 e. The van der Waals surface area contributed by atoms with Gasteiger partial charge in [0, 0.05) is 19.0 Å². The van der Waals surface area contributed by atoms with Gasteiger partial charge in [0.2, 0.25) is 5.91 Å². The molecule has 0 saturated heterocycles. The number of aromatic nitrogens is 1. The van der Waals surface area contributed by atoms with Gasteiger partial charge in [0.1, 0.15) is 5.82 Å². The smallest absolute Gasteiger partial charge is 0.228 e. The molecule has 0 saturated carbocycles. The van der Waals surface area contributed by atoms with Crippen LogP contribution in [-0.4, -0.2) is 24.0 Å². The third-order valence-electron chi connectivity index (χ3n) is 3.48. The molecule has 106 valence electrons. The molecule has 0 atom stereocenters. The monoisotopic (exact) mass is 263 g/mol. The highest BCUT2D eigenvalue weighted by molar-refractivity contribution is 5.91. The van der Waals surface area contributed by atoms with E-state index in [-0.39, 0.29) is 11.8 Å². The van der Waals surface area contributed by atoms with E-state index in [1.807, 2.05) is 32.2 Å². The number of amides is 1. The number of nitrogens with one attached hydrogen (secondary N) is 1. The van der Waals surface area contributed by atoms with Crippen LogP contribution in [-0.2, 0) is 4.79 Å². The zero-order valence-corrected chi connectivity index (χ0v) is 12.4. The Morgan fingerprint density at radius 2 is 1.84 bits per heavy atom. The molecule has 0 fully saturated rings. The quantitative estimate of drug-likeness (QED) is 0.821. The van der Waals surface area contributed by atoms with Crippen molar-refractivity contribution < 1.29 is 4.79 Å². The van der Waals surface area contributed by atoms with E-state index >= 15 is 0 Å². The van der Waals surface area contributed by atoms with Crippen molar-refractivity contribution in [1.29, 1.82) is 0 Å². The Morgan fingerprint density at radius 1 is 1.21 bits per heavy atom. The van der Waals surface area contributed by atoms with Crippen molar-refractivity contribution in [3.05, 3.63) is 18.3 Å². The van der Waals surface area contributed by atoms with E-state index in [2.05, 4.69) is 29.0 Å². The molecule has 4 heteroatoms. The van der Waals surface area contributed by atoms with Gasteiger partial charge in [-0.25, -0.2) is 4.98 Å². The minimum atomic E-state index is 0.0630.